The highest BCUT2D eigenvalue weighted by Crippen LogP contribution is 2.34. The molecule has 2 aliphatic rings. The van der Waals surface area contributed by atoms with Gasteiger partial charge in [-0.25, -0.2) is 14.8 Å². The van der Waals surface area contributed by atoms with Crippen molar-refractivity contribution >= 4 is 29.2 Å². The number of piperidine rings is 1. The van der Waals surface area contributed by atoms with E-state index < -0.39 is 17.0 Å². The fraction of sp³-hybridized carbons (Fsp3) is 0.520. The predicted molar refractivity (Wildman–Crippen MR) is 134 cm³/mol. The van der Waals surface area contributed by atoms with E-state index in [2.05, 4.69) is 23.8 Å². The third kappa shape index (κ3) is 5.72. The number of nitro benzene ring substituents is 1. The van der Waals surface area contributed by atoms with Crippen LogP contribution in [0.3, 0.4) is 0 Å². The molecule has 2 saturated heterocycles. The molecule has 1 aromatic heterocycles. The molecule has 36 heavy (non-hydrogen) atoms. The van der Waals surface area contributed by atoms with E-state index in [0.717, 1.165) is 19.5 Å². The molecule has 3 atom stereocenters. The molecule has 0 radical (unpaired) electrons. The number of anilines is 2. The Hall–Kier alpha value is -3.76. The average molecular weight is 497 g/mol. The van der Waals surface area contributed by atoms with Crippen LogP contribution >= 0.6 is 0 Å². The molecule has 3 heterocycles. The molecular formula is C25H32N6O5. The van der Waals surface area contributed by atoms with E-state index in [-0.39, 0.29) is 17.2 Å². The maximum Gasteiger partial charge on any atom is 0.339 e. The van der Waals surface area contributed by atoms with Gasteiger partial charge in [0.1, 0.15) is 5.69 Å². The van der Waals surface area contributed by atoms with Gasteiger partial charge in [-0.05, 0) is 43.4 Å². The monoisotopic (exact) mass is 496 g/mol. The first kappa shape index (κ1) is 25.3. The SMILES string of the molecule is CC1CC(C)CN(c2ccc(C(=O)OC(C)C(=O)N3CCN(c4ncccn4)CC3)cc2[N+](=O)[O-])C1. The molecule has 0 bridgehead atoms. The Morgan fingerprint density at radius 1 is 1.06 bits per heavy atom. The lowest BCUT2D eigenvalue weighted by Gasteiger charge is -2.36. The second-order valence-electron chi connectivity index (χ2n) is 9.72. The molecule has 2 aliphatic heterocycles. The number of nitro groups is 1. The van der Waals surface area contributed by atoms with Crippen LogP contribution in [-0.4, -0.2) is 77.0 Å². The van der Waals surface area contributed by atoms with E-state index in [1.54, 1.807) is 29.4 Å². The topological polar surface area (TPSA) is 122 Å². The molecule has 11 nitrogen and oxygen atoms in total. The molecule has 3 unspecified atom stereocenters. The van der Waals surface area contributed by atoms with Crippen LogP contribution in [0.5, 0.6) is 0 Å². The molecule has 1 aromatic carbocycles. The van der Waals surface area contributed by atoms with Gasteiger partial charge in [-0.1, -0.05) is 13.8 Å². The molecular weight excluding hydrogens is 464 g/mol. The van der Waals surface area contributed by atoms with E-state index in [4.69, 9.17) is 4.74 Å². The van der Waals surface area contributed by atoms with Gasteiger partial charge in [0, 0.05) is 57.7 Å². The molecule has 1 amide bonds. The van der Waals surface area contributed by atoms with E-state index in [1.807, 2.05) is 9.80 Å². The van der Waals surface area contributed by atoms with Crippen molar-refractivity contribution in [2.24, 2.45) is 11.8 Å². The van der Waals surface area contributed by atoms with Gasteiger partial charge >= 0.3 is 5.97 Å². The lowest BCUT2D eigenvalue weighted by Crippen LogP contribution is -2.52. The van der Waals surface area contributed by atoms with Gasteiger partial charge in [0.05, 0.1) is 10.5 Å². The molecule has 192 valence electrons. The quantitative estimate of drug-likeness (QED) is 0.337. The number of esters is 1. The summed E-state index contributed by atoms with van der Waals surface area (Å²) in [6, 6.07) is 6.13. The molecule has 0 N–H and O–H groups in total. The lowest BCUT2D eigenvalue weighted by molar-refractivity contribution is -0.384. The number of carbonyl (C=O) groups excluding carboxylic acids is 2. The second-order valence-corrected chi connectivity index (χ2v) is 9.72. The number of aromatic nitrogens is 2. The van der Waals surface area contributed by atoms with Crippen molar-refractivity contribution in [2.75, 3.05) is 49.1 Å². The summed E-state index contributed by atoms with van der Waals surface area (Å²) in [6.07, 6.45) is 3.41. The highest BCUT2D eigenvalue weighted by atomic mass is 16.6. The third-order valence-electron chi connectivity index (χ3n) is 6.68. The molecule has 0 aliphatic carbocycles. The summed E-state index contributed by atoms with van der Waals surface area (Å²) in [7, 11) is 0. The minimum Gasteiger partial charge on any atom is -0.449 e. The number of hydrogen-bond donors (Lipinski definition) is 0. The Balaban J connectivity index is 1.38. The van der Waals surface area contributed by atoms with Gasteiger partial charge in [0.15, 0.2) is 6.10 Å². The van der Waals surface area contributed by atoms with Crippen molar-refractivity contribution in [1.29, 1.82) is 0 Å². The minimum absolute atomic E-state index is 0.0502. The summed E-state index contributed by atoms with van der Waals surface area (Å²) in [6.45, 7) is 9.27. The molecule has 0 saturated carbocycles. The smallest absolute Gasteiger partial charge is 0.339 e. The normalized spacial score (nSPS) is 21.1. The number of rotatable bonds is 6. The largest absolute Gasteiger partial charge is 0.449 e. The van der Waals surface area contributed by atoms with Crippen molar-refractivity contribution in [1.82, 2.24) is 14.9 Å². The van der Waals surface area contributed by atoms with Crippen LogP contribution in [0.4, 0.5) is 17.3 Å². The Bertz CT molecular complexity index is 1100. The van der Waals surface area contributed by atoms with Crippen LogP contribution < -0.4 is 9.80 Å². The molecule has 11 heteroatoms. The number of piperazine rings is 1. The number of hydrogen-bond acceptors (Lipinski definition) is 9. The Morgan fingerprint density at radius 2 is 1.69 bits per heavy atom. The summed E-state index contributed by atoms with van der Waals surface area (Å²) in [5.41, 5.74) is 0.414. The Labute approximate surface area is 210 Å². The zero-order valence-corrected chi connectivity index (χ0v) is 20.9. The van der Waals surface area contributed by atoms with Crippen molar-refractivity contribution in [3.05, 3.63) is 52.3 Å². The van der Waals surface area contributed by atoms with Crippen molar-refractivity contribution in [2.45, 2.75) is 33.3 Å². The van der Waals surface area contributed by atoms with E-state index >= 15 is 0 Å². The molecule has 0 spiro atoms. The summed E-state index contributed by atoms with van der Waals surface area (Å²) in [4.78, 5) is 51.1. The van der Waals surface area contributed by atoms with Gasteiger partial charge in [-0.2, -0.15) is 0 Å². The summed E-state index contributed by atoms with van der Waals surface area (Å²) >= 11 is 0. The fourth-order valence-electron chi connectivity index (χ4n) is 5.04. The maximum atomic E-state index is 12.9. The number of carbonyl (C=O) groups is 2. The standard InChI is InChI=1S/C25H32N6O5/c1-17-13-18(2)16-30(15-17)21-6-5-20(14-22(21)31(34)35)24(33)36-19(3)23(32)28-9-11-29(12-10-28)25-26-7-4-8-27-25/h4-8,14,17-19H,9-13,15-16H2,1-3H3. The van der Waals surface area contributed by atoms with Crippen molar-refractivity contribution in [3.63, 3.8) is 0 Å². The zero-order valence-electron chi connectivity index (χ0n) is 20.9. The Kier molecular flexibility index (Phi) is 7.66. The van der Waals surface area contributed by atoms with E-state index in [0.29, 0.717) is 49.7 Å². The summed E-state index contributed by atoms with van der Waals surface area (Å²) < 4.78 is 5.41. The van der Waals surface area contributed by atoms with Crippen LogP contribution in [-0.2, 0) is 9.53 Å². The Morgan fingerprint density at radius 3 is 2.31 bits per heavy atom. The van der Waals surface area contributed by atoms with Crippen molar-refractivity contribution in [3.8, 4) is 0 Å². The number of amides is 1. The predicted octanol–water partition coefficient (Wildman–Crippen LogP) is 2.76. The second kappa shape index (κ2) is 10.9. The number of benzene rings is 1. The molecule has 2 fully saturated rings. The van der Waals surface area contributed by atoms with Gasteiger partial charge in [-0.15, -0.1) is 0 Å². The summed E-state index contributed by atoms with van der Waals surface area (Å²) in [5, 5.41) is 11.8. The fourth-order valence-corrected chi connectivity index (χ4v) is 5.04. The third-order valence-corrected chi connectivity index (χ3v) is 6.68. The first-order valence-corrected chi connectivity index (χ1v) is 12.3. The van der Waals surface area contributed by atoms with Crippen LogP contribution in [0.2, 0.25) is 0 Å². The molecule has 4 rings (SSSR count). The first-order chi connectivity index (χ1) is 17.2. The van der Waals surface area contributed by atoms with E-state index in [9.17, 15) is 19.7 Å². The van der Waals surface area contributed by atoms with Gasteiger partial charge in [0.2, 0.25) is 5.95 Å². The number of nitrogens with zero attached hydrogens (tertiary/aromatic N) is 6. The van der Waals surface area contributed by atoms with Gasteiger partial charge < -0.3 is 19.4 Å². The zero-order chi connectivity index (χ0) is 25.8. The summed E-state index contributed by atoms with van der Waals surface area (Å²) in [5.74, 6) is 0.392. The lowest BCUT2D eigenvalue weighted by atomic mass is 9.91. The van der Waals surface area contributed by atoms with Crippen LogP contribution in [0, 0.1) is 22.0 Å². The minimum atomic E-state index is -1.01. The van der Waals surface area contributed by atoms with Crippen LogP contribution in [0.1, 0.15) is 37.6 Å². The van der Waals surface area contributed by atoms with Gasteiger partial charge in [0.25, 0.3) is 11.6 Å². The maximum absolute atomic E-state index is 12.9. The first-order valence-electron chi connectivity index (χ1n) is 12.3. The van der Waals surface area contributed by atoms with Crippen LogP contribution in [0.25, 0.3) is 0 Å². The molecule has 2 aromatic rings. The number of ether oxygens (including phenoxy) is 1. The van der Waals surface area contributed by atoms with Gasteiger partial charge in [-0.3, -0.25) is 14.9 Å². The van der Waals surface area contributed by atoms with Crippen LogP contribution in [0.15, 0.2) is 36.7 Å². The van der Waals surface area contributed by atoms with E-state index in [1.165, 1.54) is 19.1 Å². The highest BCUT2D eigenvalue weighted by Gasteiger charge is 2.31. The highest BCUT2D eigenvalue weighted by molar-refractivity contribution is 5.93. The van der Waals surface area contributed by atoms with Crippen molar-refractivity contribution < 1.29 is 19.2 Å². The average Bonchev–Trinajstić information content (AvgIpc) is 2.87.